The SMILES string of the molecule is O=C(C[C@H](Cc1ccc(O)cc1)NC(=O)[C@@H]1CCCN1)N[C@@H](Cc1ccccc1)C(=O)N1CCC[C@H]1C(=O)O. The first kappa shape index (κ1) is 28.1. The molecule has 2 saturated heterocycles. The Morgan fingerprint density at radius 1 is 0.923 bits per heavy atom. The number of carbonyl (C=O) groups excluding carboxylic acids is 3. The van der Waals surface area contributed by atoms with E-state index in [-0.39, 0.29) is 30.5 Å². The lowest BCUT2D eigenvalue weighted by Crippen LogP contribution is -2.54. The van der Waals surface area contributed by atoms with Crippen molar-refractivity contribution in [2.24, 2.45) is 0 Å². The summed E-state index contributed by atoms with van der Waals surface area (Å²) in [5.41, 5.74) is 1.67. The highest BCUT2D eigenvalue weighted by Crippen LogP contribution is 2.20. The van der Waals surface area contributed by atoms with E-state index in [0.717, 1.165) is 30.5 Å². The Hall–Kier alpha value is -3.92. The van der Waals surface area contributed by atoms with Gasteiger partial charge in [0.2, 0.25) is 17.7 Å². The molecule has 10 heteroatoms. The van der Waals surface area contributed by atoms with Crippen molar-refractivity contribution in [2.75, 3.05) is 13.1 Å². The van der Waals surface area contributed by atoms with E-state index in [1.54, 1.807) is 24.3 Å². The van der Waals surface area contributed by atoms with E-state index < -0.39 is 35.9 Å². The Morgan fingerprint density at radius 3 is 2.31 bits per heavy atom. The van der Waals surface area contributed by atoms with Gasteiger partial charge in [-0.1, -0.05) is 42.5 Å². The number of nitrogens with zero attached hydrogens (tertiary/aromatic N) is 1. The fraction of sp³-hybridized carbons (Fsp3) is 0.448. The minimum atomic E-state index is -1.05. The number of aromatic hydroxyl groups is 1. The number of benzene rings is 2. The number of hydrogen-bond acceptors (Lipinski definition) is 6. The van der Waals surface area contributed by atoms with Crippen LogP contribution in [0.3, 0.4) is 0 Å². The van der Waals surface area contributed by atoms with E-state index in [4.69, 9.17) is 0 Å². The van der Waals surface area contributed by atoms with Gasteiger partial charge in [-0.15, -0.1) is 0 Å². The molecule has 4 rings (SSSR count). The molecule has 0 aliphatic carbocycles. The van der Waals surface area contributed by atoms with Gasteiger partial charge in [-0.2, -0.15) is 0 Å². The van der Waals surface area contributed by atoms with Crippen LogP contribution < -0.4 is 16.0 Å². The first-order chi connectivity index (χ1) is 18.8. The van der Waals surface area contributed by atoms with Crippen LogP contribution in [-0.4, -0.2) is 76.1 Å². The lowest BCUT2D eigenvalue weighted by molar-refractivity contribution is -0.149. The summed E-state index contributed by atoms with van der Waals surface area (Å²) < 4.78 is 0. The van der Waals surface area contributed by atoms with Crippen LogP contribution in [0.1, 0.15) is 43.2 Å². The van der Waals surface area contributed by atoms with Gasteiger partial charge in [-0.05, 0) is 61.9 Å². The number of phenolic OH excluding ortho intramolecular Hbond substituents is 1. The number of rotatable bonds is 11. The van der Waals surface area contributed by atoms with Crippen molar-refractivity contribution in [1.29, 1.82) is 0 Å². The second-order valence-electron chi connectivity index (χ2n) is 10.3. The highest BCUT2D eigenvalue weighted by molar-refractivity contribution is 5.91. The van der Waals surface area contributed by atoms with Crippen LogP contribution in [0.4, 0.5) is 0 Å². The van der Waals surface area contributed by atoms with Gasteiger partial charge in [0.1, 0.15) is 17.8 Å². The van der Waals surface area contributed by atoms with E-state index in [1.807, 2.05) is 30.3 Å². The number of nitrogens with one attached hydrogen (secondary N) is 3. The Bertz CT molecular complexity index is 1150. The van der Waals surface area contributed by atoms with Crippen LogP contribution in [-0.2, 0) is 32.0 Å². The molecule has 10 nitrogen and oxygen atoms in total. The monoisotopic (exact) mass is 536 g/mol. The van der Waals surface area contributed by atoms with E-state index in [2.05, 4.69) is 16.0 Å². The van der Waals surface area contributed by atoms with Gasteiger partial charge >= 0.3 is 5.97 Å². The maximum absolute atomic E-state index is 13.5. The third-order valence-electron chi connectivity index (χ3n) is 7.31. The molecule has 4 atom stereocenters. The number of carboxylic acids is 1. The van der Waals surface area contributed by atoms with Gasteiger partial charge in [0.25, 0.3) is 0 Å². The van der Waals surface area contributed by atoms with Crippen LogP contribution in [0, 0.1) is 0 Å². The second kappa shape index (κ2) is 13.2. The number of amides is 3. The third-order valence-corrected chi connectivity index (χ3v) is 7.31. The zero-order valence-electron chi connectivity index (χ0n) is 21.8. The van der Waals surface area contributed by atoms with Gasteiger partial charge < -0.3 is 31.1 Å². The van der Waals surface area contributed by atoms with E-state index in [1.165, 1.54) is 4.90 Å². The third kappa shape index (κ3) is 7.79. The first-order valence-corrected chi connectivity index (χ1v) is 13.5. The number of phenols is 1. The number of hydrogen-bond donors (Lipinski definition) is 5. The van der Waals surface area contributed by atoms with Gasteiger partial charge in [-0.3, -0.25) is 14.4 Å². The molecule has 0 spiro atoms. The van der Waals surface area contributed by atoms with Crippen molar-refractivity contribution < 1.29 is 29.4 Å². The van der Waals surface area contributed by atoms with E-state index >= 15 is 0 Å². The largest absolute Gasteiger partial charge is 0.508 e. The lowest BCUT2D eigenvalue weighted by atomic mass is 10.0. The van der Waals surface area contributed by atoms with Crippen LogP contribution in [0.25, 0.3) is 0 Å². The van der Waals surface area contributed by atoms with E-state index in [0.29, 0.717) is 25.8 Å². The minimum absolute atomic E-state index is 0.0692. The van der Waals surface area contributed by atoms with Crippen molar-refractivity contribution in [3.63, 3.8) is 0 Å². The van der Waals surface area contributed by atoms with Crippen LogP contribution in [0.15, 0.2) is 54.6 Å². The lowest BCUT2D eigenvalue weighted by Gasteiger charge is -2.28. The molecular formula is C29H36N4O6. The molecular weight excluding hydrogens is 500 g/mol. The molecule has 2 heterocycles. The van der Waals surface area contributed by atoms with Crippen LogP contribution >= 0.6 is 0 Å². The minimum Gasteiger partial charge on any atom is -0.508 e. The molecule has 39 heavy (non-hydrogen) atoms. The summed E-state index contributed by atoms with van der Waals surface area (Å²) in [6.45, 7) is 1.09. The molecule has 208 valence electrons. The molecule has 5 N–H and O–H groups in total. The topological polar surface area (TPSA) is 148 Å². The molecule has 2 aliphatic heterocycles. The first-order valence-electron chi connectivity index (χ1n) is 13.5. The van der Waals surface area contributed by atoms with Gasteiger partial charge in [0.05, 0.1) is 6.04 Å². The maximum atomic E-state index is 13.5. The molecule has 0 aromatic heterocycles. The number of carbonyl (C=O) groups is 4. The molecule has 2 aromatic carbocycles. The highest BCUT2D eigenvalue weighted by Gasteiger charge is 2.38. The smallest absolute Gasteiger partial charge is 0.326 e. The zero-order chi connectivity index (χ0) is 27.8. The van der Waals surface area contributed by atoms with Gasteiger partial charge in [0.15, 0.2) is 0 Å². The number of aliphatic carboxylic acids is 1. The van der Waals surface area contributed by atoms with Crippen LogP contribution in [0.5, 0.6) is 5.75 Å². The van der Waals surface area contributed by atoms with Gasteiger partial charge in [-0.25, -0.2) is 4.79 Å². The molecule has 0 unspecified atom stereocenters. The molecule has 2 aromatic rings. The fourth-order valence-corrected chi connectivity index (χ4v) is 5.32. The quantitative estimate of drug-likeness (QED) is 0.291. The average Bonchev–Trinajstić information content (AvgIpc) is 3.63. The van der Waals surface area contributed by atoms with Gasteiger partial charge in [0, 0.05) is 25.4 Å². The molecule has 0 radical (unpaired) electrons. The maximum Gasteiger partial charge on any atom is 0.326 e. The Morgan fingerprint density at radius 2 is 1.64 bits per heavy atom. The van der Waals surface area contributed by atoms with Crippen molar-refractivity contribution in [2.45, 2.75) is 69.1 Å². The Labute approximate surface area is 227 Å². The Kier molecular flexibility index (Phi) is 9.54. The molecule has 2 aliphatic rings. The average molecular weight is 537 g/mol. The molecule has 0 saturated carbocycles. The summed E-state index contributed by atoms with van der Waals surface area (Å²) in [4.78, 5) is 52.8. The highest BCUT2D eigenvalue weighted by atomic mass is 16.4. The Balaban J connectivity index is 1.49. The molecule has 3 amide bonds. The standard InChI is InChI=1S/C29H36N4O6/c34-22-12-10-20(11-13-22)16-21(31-27(36)23-8-4-14-30-23)18-26(35)32-24(17-19-6-2-1-3-7-19)28(37)33-15-5-9-25(33)29(38)39/h1-3,6-7,10-13,21,23-25,30,34H,4-5,8-9,14-18H2,(H,31,36)(H,32,35)(H,38,39)/t21-,23-,24-,25-/m0/s1. The number of carboxylic acid groups (broad SMARTS) is 1. The summed E-state index contributed by atoms with van der Waals surface area (Å²) in [6, 6.07) is 13.1. The van der Waals surface area contributed by atoms with Crippen LogP contribution in [0.2, 0.25) is 0 Å². The second-order valence-corrected chi connectivity index (χ2v) is 10.3. The predicted molar refractivity (Wildman–Crippen MR) is 144 cm³/mol. The summed E-state index contributed by atoms with van der Waals surface area (Å²) >= 11 is 0. The summed E-state index contributed by atoms with van der Waals surface area (Å²) in [6.07, 6.45) is 3.09. The van der Waals surface area contributed by atoms with Crippen molar-refractivity contribution in [3.05, 3.63) is 65.7 Å². The normalized spacial score (nSPS) is 20.3. The summed E-state index contributed by atoms with van der Waals surface area (Å²) in [5, 5.41) is 28.2. The van der Waals surface area contributed by atoms with Crippen molar-refractivity contribution in [1.82, 2.24) is 20.9 Å². The predicted octanol–water partition coefficient (Wildman–Crippen LogP) is 1.36. The zero-order valence-corrected chi connectivity index (χ0v) is 21.8. The number of likely N-dealkylation sites (tertiary alicyclic amines) is 1. The summed E-state index contributed by atoms with van der Waals surface area (Å²) in [5.74, 6) is -1.95. The molecule has 2 fully saturated rings. The van der Waals surface area contributed by atoms with Crippen molar-refractivity contribution >= 4 is 23.7 Å². The van der Waals surface area contributed by atoms with E-state index in [9.17, 15) is 29.4 Å². The molecule has 0 bridgehead atoms. The fourth-order valence-electron chi connectivity index (χ4n) is 5.32. The van der Waals surface area contributed by atoms with Crippen molar-refractivity contribution in [3.8, 4) is 5.75 Å². The summed E-state index contributed by atoms with van der Waals surface area (Å²) in [7, 11) is 0.